The van der Waals surface area contributed by atoms with Gasteiger partial charge in [0.2, 0.25) is 0 Å². The van der Waals surface area contributed by atoms with Gasteiger partial charge in [-0.15, -0.1) is 0 Å². The Bertz CT molecular complexity index is 1000. The fraction of sp³-hybridized carbons (Fsp3) is 0.333. The van der Waals surface area contributed by atoms with Gasteiger partial charge in [0, 0.05) is 23.0 Å². The van der Waals surface area contributed by atoms with Crippen LogP contribution in [0.1, 0.15) is 73.0 Å². The molecule has 0 unspecified atom stereocenters. The largest absolute Gasteiger partial charge is 0.322 e. The Labute approximate surface area is 158 Å². The van der Waals surface area contributed by atoms with E-state index in [0.717, 1.165) is 11.1 Å². The molecule has 0 bridgehead atoms. The molecule has 3 rings (SSSR count). The Morgan fingerprint density at radius 3 is 2.30 bits per heavy atom. The molecule has 1 aromatic carbocycles. The van der Waals surface area contributed by atoms with E-state index in [0.29, 0.717) is 22.5 Å². The summed E-state index contributed by atoms with van der Waals surface area (Å²) in [6, 6.07) is 8.85. The normalized spacial score (nSPS) is 11.4. The van der Waals surface area contributed by atoms with Crippen LogP contribution in [0.2, 0.25) is 0 Å². The SMILES string of the molecule is CC(=O)c1ccc(NC(=O)c2cc(C(C)C)nc3c2cnn3C(C)C)cc1. The number of fused-ring (bicyclic) bond motifs is 1. The maximum Gasteiger partial charge on any atom is 0.256 e. The fourth-order valence-electron chi connectivity index (χ4n) is 2.89. The van der Waals surface area contributed by atoms with Gasteiger partial charge in [0.1, 0.15) is 0 Å². The highest BCUT2D eigenvalue weighted by Gasteiger charge is 2.19. The lowest BCUT2D eigenvalue weighted by atomic mass is 10.0. The van der Waals surface area contributed by atoms with Gasteiger partial charge in [0.15, 0.2) is 11.4 Å². The van der Waals surface area contributed by atoms with Crippen LogP contribution >= 0.6 is 0 Å². The minimum Gasteiger partial charge on any atom is -0.322 e. The molecule has 1 amide bonds. The summed E-state index contributed by atoms with van der Waals surface area (Å²) in [6.07, 6.45) is 1.69. The summed E-state index contributed by atoms with van der Waals surface area (Å²) in [5.74, 6) is -0.0408. The molecule has 2 heterocycles. The van der Waals surface area contributed by atoms with Gasteiger partial charge in [-0.1, -0.05) is 13.8 Å². The standard InChI is InChI=1S/C21H24N4O2/c1-12(2)19-10-17(18-11-22-25(13(3)4)20(18)24-19)21(27)23-16-8-6-15(7-9-16)14(5)26/h6-13H,1-5H3,(H,23,27). The quantitative estimate of drug-likeness (QED) is 0.672. The van der Waals surface area contributed by atoms with Gasteiger partial charge in [-0.25, -0.2) is 9.67 Å². The average molecular weight is 364 g/mol. The lowest BCUT2D eigenvalue weighted by molar-refractivity contribution is 0.101. The first-order valence-corrected chi connectivity index (χ1v) is 9.08. The second kappa shape index (κ2) is 7.31. The number of carbonyl (C=O) groups is 2. The third kappa shape index (κ3) is 3.74. The number of amides is 1. The van der Waals surface area contributed by atoms with Gasteiger partial charge in [0.25, 0.3) is 5.91 Å². The van der Waals surface area contributed by atoms with Gasteiger partial charge in [0.05, 0.1) is 17.1 Å². The van der Waals surface area contributed by atoms with Crippen LogP contribution in [-0.4, -0.2) is 26.5 Å². The van der Waals surface area contributed by atoms with Crippen molar-refractivity contribution in [1.29, 1.82) is 0 Å². The van der Waals surface area contributed by atoms with E-state index in [1.165, 1.54) is 6.92 Å². The Morgan fingerprint density at radius 2 is 1.74 bits per heavy atom. The lowest BCUT2D eigenvalue weighted by Gasteiger charge is -2.12. The molecule has 0 saturated heterocycles. The monoisotopic (exact) mass is 364 g/mol. The summed E-state index contributed by atoms with van der Waals surface area (Å²) in [7, 11) is 0. The summed E-state index contributed by atoms with van der Waals surface area (Å²) in [6.45, 7) is 9.68. The molecule has 0 saturated carbocycles. The number of benzene rings is 1. The van der Waals surface area contributed by atoms with Gasteiger partial charge < -0.3 is 5.32 Å². The summed E-state index contributed by atoms with van der Waals surface area (Å²) < 4.78 is 1.83. The smallest absolute Gasteiger partial charge is 0.256 e. The van der Waals surface area contributed by atoms with Crippen LogP contribution in [0.25, 0.3) is 11.0 Å². The summed E-state index contributed by atoms with van der Waals surface area (Å²) in [5, 5.41) is 8.05. The molecule has 0 aliphatic rings. The number of ketones is 1. The number of nitrogens with one attached hydrogen (secondary N) is 1. The van der Waals surface area contributed by atoms with Crippen molar-refractivity contribution < 1.29 is 9.59 Å². The zero-order chi connectivity index (χ0) is 19.7. The van der Waals surface area contributed by atoms with Crippen molar-refractivity contribution in [3.8, 4) is 0 Å². The maximum absolute atomic E-state index is 13.0. The van der Waals surface area contributed by atoms with Gasteiger partial charge in [-0.05, 0) is 57.0 Å². The Hall–Kier alpha value is -3.02. The molecule has 0 radical (unpaired) electrons. The van der Waals surface area contributed by atoms with E-state index in [1.54, 1.807) is 30.5 Å². The van der Waals surface area contributed by atoms with Crippen LogP contribution in [0.4, 0.5) is 5.69 Å². The van der Waals surface area contributed by atoms with E-state index in [1.807, 2.05) is 38.4 Å². The minimum atomic E-state index is -0.219. The molecule has 2 aromatic heterocycles. The minimum absolute atomic E-state index is 0.00797. The molecule has 27 heavy (non-hydrogen) atoms. The highest BCUT2D eigenvalue weighted by molar-refractivity contribution is 6.12. The molecular weight excluding hydrogens is 340 g/mol. The average Bonchev–Trinajstić information content (AvgIpc) is 3.05. The van der Waals surface area contributed by atoms with Crippen LogP contribution in [0.15, 0.2) is 36.5 Å². The zero-order valence-electron chi connectivity index (χ0n) is 16.3. The van der Waals surface area contributed by atoms with Crippen molar-refractivity contribution in [3.63, 3.8) is 0 Å². The summed E-state index contributed by atoms with van der Waals surface area (Å²) in [4.78, 5) is 29.1. The second-order valence-corrected chi connectivity index (χ2v) is 7.26. The molecule has 6 heteroatoms. The van der Waals surface area contributed by atoms with Crippen molar-refractivity contribution in [2.45, 2.75) is 46.6 Å². The van der Waals surface area contributed by atoms with Gasteiger partial charge in [-0.2, -0.15) is 5.10 Å². The van der Waals surface area contributed by atoms with Crippen molar-refractivity contribution in [3.05, 3.63) is 53.3 Å². The van der Waals surface area contributed by atoms with E-state index >= 15 is 0 Å². The molecule has 6 nitrogen and oxygen atoms in total. The number of carbonyl (C=O) groups excluding carboxylic acids is 2. The molecule has 1 N–H and O–H groups in total. The zero-order valence-corrected chi connectivity index (χ0v) is 16.3. The molecule has 0 atom stereocenters. The highest BCUT2D eigenvalue weighted by atomic mass is 16.1. The van der Waals surface area contributed by atoms with E-state index in [2.05, 4.69) is 10.4 Å². The van der Waals surface area contributed by atoms with Crippen molar-refractivity contribution in [2.75, 3.05) is 5.32 Å². The summed E-state index contributed by atoms with van der Waals surface area (Å²) >= 11 is 0. The number of hydrogen-bond acceptors (Lipinski definition) is 4. The number of aromatic nitrogens is 3. The first-order valence-electron chi connectivity index (χ1n) is 9.08. The number of pyridine rings is 1. The number of hydrogen-bond donors (Lipinski definition) is 1. The van der Waals surface area contributed by atoms with E-state index < -0.39 is 0 Å². The van der Waals surface area contributed by atoms with Crippen LogP contribution in [-0.2, 0) is 0 Å². The molecule has 0 aliphatic heterocycles. The number of rotatable bonds is 5. The molecule has 0 fully saturated rings. The number of anilines is 1. The molecule has 0 aliphatic carbocycles. The molecular formula is C21H24N4O2. The predicted molar refractivity (Wildman–Crippen MR) is 106 cm³/mol. The molecule has 0 spiro atoms. The van der Waals surface area contributed by atoms with E-state index in [9.17, 15) is 9.59 Å². The van der Waals surface area contributed by atoms with Crippen molar-refractivity contribution >= 4 is 28.4 Å². The third-order valence-electron chi connectivity index (χ3n) is 4.46. The second-order valence-electron chi connectivity index (χ2n) is 7.26. The molecule has 3 aromatic rings. The lowest BCUT2D eigenvalue weighted by Crippen LogP contribution is -2.14. The van der Waals surface area contributed by atoms with Crippen LogP contribution in [0, 0.1) is 0 Å². The van der Waals surface area contributed by atoms with E-state index in [4.69, 9.17) is 4.98 Å². The Balaban J connectivity index is 2.01. The van der Waals surface area contributed by atoms with Gasteiger partial charge in [-0.3, -0.25) is 9.59 Å². The summed E-state index contributed by atoms with van der Waals surface area (Å²) in [5.41, 5.74) is 3.36. The topological polar surface area (TPSA) is 76.9 Å². The predicted octanol–water partition coefficient (Wildman–Crippen LogP) is 4.59. The number of nitrogens with zero attached hydrogens (tertiary/aromatic N) is 3. The Morgan fingerprint density at radius 1 is 1.07 bits per heavy atom. The number of Topliss-reactive ketones (excluding diaryl/α,β-unsaturated/α-hetero) is 1. The first-order chi connectivity index (χ1) is 12.8. The fourth-order valence-corrected chi connectivity index (χ4v) is 2.89. The first kappa shape index (κ1) is 18.8. The molecule has 140 valence electrons. The van der Waals surface area contributed by atoms with Crippen LogP contribution < -0.4 is 5.32 Å². The van der Waals surface area contributed by atoms with Gasteiger partial charge >= 0.3 is 0 Å². The van der Waals surface area contributed by atoms with E-state index in [-0.39, 0.29) is 23.7 Å². The maximum atomic E-state index is 13.0. The Kier molecular flexibility index (Phi) is 5.08. The van der Waals surface area contributed by atoms with Crippen molar-refractivity contribution in [1.82, 2.24) is 14.8 Å². The van der Waals surface area contributed by atoms with Crippen LogP contribution in [0.5, 0.6) is 0 Å². The van der Waals surface area contributed by atoms with Crippen LogP contribution in [0.3, 0.4) is 0 Å². The van der Waals surface area contributed by atoms with Crippen molar-refractivity contribution in [2.24, 2.45) is 0 Å². The third-order valence-corrected chi connectivity index (χ3v) is 4.46. The highest BCUT2D eigenvalue weighted by Crippen LogP contribution is 2.25.